The van der Waals surface area contributed by atoms with Crippen molar-refractivity contribution in [2.24, 2.45) is 0 Å². The average molecular weight is 400 g/mol. The van der Waals surface area contributed by atoms with Crippen molar-refractivity contribution in [3.8, 4) is 5.69 Å². The maximum absolute atomic E-state index is 12.7. The summed E-state index contributed by atoms with van der Waals surface area (Å²) >= 11 is 7.02. The Bertz CT molecular complexity index is 1030. The Balaban J connectivity index is 1.74. The van der Waals surface area contributed by atoms with Crippen LogP contribution in [0.4, 0.5) is 5.69 Å². The topological polar surface area (TPSA) is 64.0 Å². The lowest BCUT2D eigenvalue weighted by atomic mass is 10.1. The second kappa shape index (κ2) is 8.41. The number of nitrogens with one attached hydrogen (secondary N) is 1. The SMILES string of the molecule is Cc1cc(C)cc(-n2ccnc(SCC(=O)Nc3cccc(Cl)c3)c2=O)c1. The van der Waals surface area contributed by atoms with Gasteiger partial charge in [0.15, 0.2) is 5.03 Å². The number of carbonyl (C=O) groups excluding carboxylic acids is 1. The Labute approximate surface area is 166 Å². The zero-order valence-electron chi connectivity index (χ0n) is 14.9. The molecule has 3 rings (SSSR count). The van der Waals surface area contributed by atoms with Crippen LogP contribution in [-0.2, 0) is 4.79 Å². The molecule has 27 heavy (non-hydrogen) atoms. The van der Waals surface area contributed by atoms with Crippen LogP contribution in [0.2, 0.25) is 5.02 Å². The third kappa shape index (κ3) is 4.99. The molecule has 2 aromatic carbocycles. The summed E-state index contributed by atoms with van der Waals surface area (Å²) in [6, 6.07) is 12.8. The minimum atomic E-state index is -0.247. The van der Waals surface area contributed by atoms with E-state index in [4.69, 9.17) is 11.6 Å². The lowest BCUT2D eigenvalue weighted by Crippen LogP contribution is -2.22. The second-order valence-corrected chi connectivity index (χ2v) is 7.50. The molecule has 0 saturated heterocycles. The minimum absolute atomic E-state index is 0.0750. The van der Waals surface area contributed by atoms with Crippen molar-refractivity contribution in [3.63, 3.8) is 0 Å². The molecule has 1 heterocycles. The van der Waals surface area contributed by atoms with Crippen molar-refractivity contribution >= 4 is 35.0 Å². The summed E-state index contributed by atoms with van der Waals surface area (Å²) in [5.74, 6) is -0.156. The summed E-state index contributed by atoms with van der Waals surface area (Å²) in [6.07, 6.45) is 3.20. The number of aryl methyl sites for hydroxylation is 2. The van der Waals surface area contributed by atoms with Gasteiger partial charge < -0.3 is 5.32 Å². The summed E-state index contributed by atoms with van der Waals surface area (Å²) in [5, 5.41) is 3.57. The normalized spacial score (nSPS) is 10.6. The van der Waals surface area contributed by atoms with Crippen LogP contribution in [0.25, 0.3) is 5.69 Å². The lowest BCUT2D eigenvalue weighted by molar-refractivity contribution is -0.113. The van der Waals surface area contributed by atoms with Gasteiger partial charge in [0.25, 0.3) is 5.56 Å². The highest BCUT2D eigenvalue weighted by Gasteiger charge is 2.11. The van der Waals surface area contributed by atoms with Crippen molar-refractivity contribution in [3.05, 3.63) is 81.4 Å². The number of nitrogens with zero attached hydrogens (tertiary/aromatic N) is 2. The van der Waals surface area contributed by atoms with Gasteiger partial charge in [-0.05, 0) is 55.3 Å². The zero-order chi connectivity index (χ0) is 19.4. The molecule has 0 aliphatic rings. The molecule has 0 spiro atoms. The average Bonchev–Trinajstić information content (AvgIpc) is 2.60. The van der Waals surface area contributed by atoms with Crippen LogP contribution in [0, 0.1) is 13.8 Å². The first-order valence-electron chi connectivity index (χ1n) is 8.27. The minimum Gasteiger partial charge on any atom is -0.325 e. The third-order valence-corrected chi connectivity index (χ3v) is 4.94. The molecule has 0 aliphatic heterocycles. The molecule has 1 N–H and O–H groups in total. The number of anilines is 1. The van der Waals surface area contributed by atoms with Gasteiger partial charge in [0.2, 0.25) is 5.91 Å². The van der Waals surface area contributed by atoms with E-state index in [2.05, 4.69) is 10.3 Å². The summed E-state index contributed by atoms with van der Waals surface area (Å²) in [5.41, 5.74) is 3.29. The van der Waals surface area contributed by atoms with Crippen molar-refractivity contribution in [2.45, 2.75) is 18.9 Å². The predicted octanol–water partition coefficient (Wildman–Crippen LogP) is 4.23. The van der Waals surface area contributed by atoms with E-state index < -0.39 is 0 Å². The fourth-order valence-corrected chi connectivity index (χ4v) is 3.57. The van der Waals surface area contributed by atoms with Crippen LogP contribution >= 0.6 is 23.4 Å². The standard InChI is InChI=1S/C20H18ClN3O2S/c1-13-8-14(2)10-17(9-13)24-7-6-22-19(20(24)26)27-12-18(25)23-16-5-3-4-15(21)11-16/h3-11H,12H2,1-2H3,(H,23,25). The van der Waals surface area contributed by atoms with E-state index in [1.54, 1.807) is 41.2 Å². The summed E-state index contributed by atoms with van der Waals surface area (Å²) in [4.78, 5) is 29.0. The van der Waals surface area contributed by atoms with Gasteiger partial charge in [0, 0.05) is 28.8 Å². The first kappa shape index (κ1) is 19.2. The summed E-state index contributed by atoms with van der Waals surface area (Å²) < 4.78 is 1.55. The van der Waals surface area contributed by atoms with Crippen LogP contribution in [0.15, 0.2) is 64.7 Å². The van der Waals surface area contributed by atoms with Gasteiger partial charge in [-0.3, -0.25) is 14.2 Å². The smallest absolute Gasteiger partial charge is 0.287 e. The number of carbonyl (C=O) groups is 1. The van der Waals surface area contributed by atoms with Crippen molar-refractivity contribution in [2.75, 3.05) is 11.1 Å². The largest absolute Gasteiger partial charge is 0.325 e. The molecule has 0 atom stereocenters. The van der Waals surface area contributed by atoms with Crippen molar-refractivity contribution < 1.29 is 4.79 Å². The fourth-order valence-electron chi connectivity index (χ4n) is 2.68. The Morgan fingerprint density at radius 3 is 2.63 bits per heavy atom. The highest BCUT2D eigenvalue weighted by Crippen LogP contribution is 2.17. The van der Waals surface area contributed by atoms with E-state index in [0.29, 0.717) is 10.7 Å². The van der Waals surface area contributed by atoms with Crippen LogP contribution in [-0.4, -0.2) is 21.2 Å². The summed E-state index contributed by atoms with van der Waals surface area (Å²) in [6.45, 7) is 3.97. The van der Waals surface area contributed by atoms with Crippen molar-refractivity contribution in [1.29, 1.82) is 0 Å². The van der Waals surface area contributed by atoms with E-state index in [1.807, 2.05) is 32.0 Å². The molecule has 3 aromatic rings. The molecule has 0 unspecified atom stereocenters. The van der Waals surface area contributed by atoms with Gasteiger partial charge >= 0.3 is 0 Å². The molecular formula is C20H18ClN3O2S. The quantitative estimate of drug-likeness (QED) is 0.652. The fraction of sp³-hybridized carbons (Fsp3) is 0.150. The van der Waals surface area contributed by atoms with E-state index >= 15 is 0 Å². The van der Waals surface area contributed by atoms with E-state index in [9.17, 15) is 9.59 Å². The number of amides is 1. The van der Waals surface area contributed by atoms with Crippen molar-refractivity contribution in [1.82, 2.24) is 9.55 Å². The monoisotopic (exact) mass is 399 g/mol. The highest BCUT2D eigenvalue weighted by atomic mass is 35.5. The maximum atomic E-state index is 12.7. The number of rotatable bonds is 5. The molecular weight excluding hydrogens is 382 g/mol. The van der Waals surface area contributed by atoms with E-state index in [1.165, 1.54) is 0 Å². The van der Waals surface area contributed by atoms with Crippen LogP contribution in [0.3, 0.4) is 0 Å². The Morgan fingerprint density at radius 1 is 1.19 bits per heavy atom. The molecule has 7 heteroatoms. The van der Waals surface area contributed by atoms with Crippen LogP contribution in [0.1, 0.15) is 11.1 Å². The summed E-state index contributed by atoms with van der Waals surface area (Å²) in [7, 11) is 0. The number of halogens is 1. The van der Waals surface area contributed by atoms with Gasteiger partial charge in [0.05, 0.1) is 5.75 Å². The number of hydrogen-bond acceptors (Lipinski definition) is 4. The maximum Gasteiger partial charge on any atom is 0.287 e. The van der Waals surface area contributed by atoms with Gasteiger partial charge in [-0.1, -0.05) is 35.5 Å². The lowest BCUT2D eigenvalue weighted by Gasteiger charge is -2.09. The first-order chi connectivity index (χ1) is 12.9. The van der Waals surface area contributed by atoms with E-state index in [0.717, 1.165) is 28.6 Å². The number of hydrogen-bond donors (Lipinski definition) is 1. The molecule has 1 amide bonds. The second-order valence-electron chi connectivity index (χ2n) is 6.10. The molecule has 138 valence electrons. The third-order valence-electron chi connectivity index (χ3n) is 3.74. The number of thioether (sulfide) groups is 1. The Hall–Kier alpha value is -2.57. The highest BCUT2D eigenvalue weighted by molar-refractivity contribution is 7.99. The first-order valence-corrected chi connectivity index (χ1v) is 9.63. The van der Waals surface area contributed by atoms with E-state index in [-0.39, 0.29) is 22.2 Å². The van der Waals surface area contributed by atoms with Crippen LogP contribution in [0.5, 0.6) is 0 Å². The zero-order valence-corrected chi connectivity index (χ0v) is 16.5. The van der Waals surface area contributed by atoms with Gasteiger partial charge in [-0.15, -0.1) is 0 Å². The molecule has 1 aromatic heterocycles. The predicted molar refractivity (Wildman–Crippen MR) is 110 cm³/mol. The number of aromatic nitrogens is 2. The number of benzene rings is 2. The Kier molecular flexibility index (Phi) is 5.98. The van der Waals surface area contributed by atoms with Gasteiger partial charge in [-0.25, -0.2) is 4.98 Å². The molecule has 0 radical (unpaired) electrons. The molecule has 0 bridgehead atoms. The Morgan fingerprint density at radius 2 is 1.93 bits per heavy atom. The molecule has 0 aliphatic carbocycles. The molecule has 0 saturated carbocycles. The van der Waals surface area contributed by atoms with Crippen LogP contribution < -0.4 is 10.9 Å². The van der Waals surface area contributed by atoms with Gasteiger partial charge in [0.1, 0.15) is 0 Å². The molecule has 0 fully saturated rings. The van der Waals surface area contributed by atoms with Gasteiger partial charge in [-0.2, -0.15) is 0 Å². The molecule has 5 nitrogen and oxygen atoms in total.